The minimum atomic E-state index is -0.403. The van der Waals surface area contributed by atoms with Crippen LogP contribution in [0, 0.1) is 6.92 Å². The summed E-state index contributed by atoms with van der Waals surface area (Å²) in [6, 6.07) is 12.3. The highest BCUT2D eigenvalue weighted by Crippen LogP contribution is 2.28. The van der Waals surface area contributed by atoms with E-state index >= 15 is 0 Å². The van der Waals surface area contributed by atoms with Gasteiger partial charge in [-0.25, -0.2) is 4.99 Å². The largest absolute Gasteiger partial charge is 0.493 e. The first-order valence-corrected chi connectivity index (χ1v) is 8.47. The molecule has 0 aromatic heterocycles. The van der Waals surface area contributed by atoms with Crippen LogP contribution < -0.4 is 20.1 Å². The maximum atomic E-state index is 12.5. The fraction of sp³-hybridized carbons (Fsp3) is 0.250. The molecule has 1 heterocycles. The molecule has 2 N–H and O–H groups in total. The number of carbonyl (C=O) groups is 2. The first kappa shape index (κ1) is 18.4. The van der Waals surface area contributed by atoms with Crippen molar-refractivity contribution < 1.29 is 19.1 Å². The number of methoxy groups -OCH3 is 2. The first-order chi connectivity index (χ1) is 13.0. The van der Waals surface area contributed by atoms with Gasteiger partial charge in [0.2, 0.25) is 11.9 Å². The lowest BCUT2D eigenvalue weighted by atomic mass is 10.0. The van der Waals surface area contributed by atoms with Gasteiger partial charge in [-0.2, -0.15) is 0 Å². The van der Waals surface area contributed by atoms with Crippen molar-refractivity contribution in [3.8, 4) is 11.5 Å². The molecule has 0 radical (unpaired) electrons. The fourth-order valence-electron chi connectivity index (χ4n) is 2.79. The number of benzene rings is 2. The molecule has 0 saturated carbocycles. The standard InChI is InChI=1S/C20H21N3O4/c1-12-4-6-13(7-5-12)15-11-18(24)22-20(21-15)23-19(25)14-8-9-16(26-2)17(10-14)27-3/h4-10,15H,11H2,1-3H3,(H2,21,22,23,24,25)/t15-/m1/s1. The number of carbonyl (C=O) groups excluding carboxylic acids is 2. The van der Waals surface area contributed by atoms with Crippen LogP contribution in [0.2, 0.25) is 0 Å². The van der Waals surface area contributed by atoms with Crippen LogP contribution in [0.5, 0.6) is 11.5 Å². The Labute approximate surface area is 157 Å². The van der Waals surface area contributed by atoms with Gasteiger partial charge >= 0.3 is 0 Å². The van der Waals surface area contributed by atoms with Crippen molar-refractivity contribution in [3.63, 3.8) is 0 Å². The van der Waals surface area contributed by atoms with Crippen LogP contribution in [0.3, 0.4) is 0 Å². The second-order valence-electron chi connectivity index (χ2n) is 6.18. The zero-order valence-electron chi connectivity index (χ0n) is 15.4. The van der Waals surface area contributed by atoms with Crippen LogP contribution >= 0.6 is 0 Å². The van der Waals surface area contributed by atoms with E-state index in [2.05, 4.69) is 15.6 Å². The van der Waals surface area contributed by atoms with Crippen molar-refractivity contribution in [3.05, 3.63) is 59.2 Å². The molecular formula is C20H21N3O4. The Morgan fingerprint density at radius 2 is 1.81 bits per heavy atom. The maximum Gasteiger partial charge on any atom is 0.258 e. The van der Waals surface area contributed by atoms with Crippen LogP contribution in [0.1, 0.15) is 33.9 Å². The van der Waals surface area contributed by atoms with Gasteiger partial charge in [-0.15, -0.1) is 0 Å². The van der Waals surface area contributed by atoms with Crippen molar-refractivity contribution in [2.75, 3.05) is 14.2 Å². The Balaban J connectivity index is 1.80. The van der Waals surface area contributed by atoms with Gasteiger partial charge in [0.05, 0.1) is 26.7 Å². The number of hydrogen-bond donors (Lipinski definition) is 2. The highest BCUT2D eigenvalue weighted by Gasteiger charge is 2.24. The molecule has 0 saturated heterocycles. The number of guanidine groups is 1. The molecule has 0 unspecified atom stereocenters. The Hall–Kier alpha value is -3.35. The third-order valence-electron chi connectivity index (χ3n) is 4.26. The monoisotopic (exact) mass is 367 g/mol. The highest BCUT2D eigenvalue weighted by atomic mass is 16.5. The number of nitrogens with one attached hydrogen (secondary N) is 2. The summed E-state index contributed by atoms with van der Waals surface area (Å²) in [7, 11) is 3.02. The number of ether oxygens (including phenoxy) is 2. The molecule has 2 amide bonds. The highest BCUT2D eigenvalue weighted by molar-refractivity contribution is 6.10. The van der Waals surface area contributed by atoms with Crippen LogP contribution in [-0.2, 0) is 4.79 Å². The quantitative estimate of drug-likeness (QED) is 0.868. The van der Waals surface area contributed by atoms with Crippen molar-refractivity contribution in [2.45, 2.75) is 19.4 Å². The van der Waals surface area contributed by atoms with Gasteiger partial charge in [0, 0.05) is 5.56 Å². The van der Waals surface area contributed by atoms with Gasteiger partial charge < -0.3 is 9.47 Å². The van der Waals surface area contributed by atoms with Crippen LogP contribution in [0.15, 0.2) is 47.5 Å². The number of amides is 2. The lowest BCUT2D eigenvalue weighted by molar-refractivity contribution is -0.120. The van der Waals surface area contributed by atoms with Crippen molar-refractivity contribution >= 4 is 17.8 Å². The van der Waals surface area contributed by atoms with Gasteiger partial charge in [0.25, 0.3) is 5.91 Å². The Kier molecular flexibility index (Phi) is 5.40. The molecule has 0 aliphatic carbocycles. The van der Waals surface area contributed by atoms with E-state index in [1.807, 2.05) is 31.2 Å². The van der Waals surface area contributed by atoms with Gasteiger partial charge in [-0.3, -0.25) is 20.2 Å². The van der Waals surface area contributed by atoms with Gasteiger partial charge in [-0.1, -0.05) is 29.8 Å². The lowest BCUT2D eigenvalue weighted by Gasteiger charge is -2.21. The summed E-state index contributed by atoms with van der Waals surface area (Å²) in [5.74, 6) is 0.503. The molecule has 1 atom stereocenters. The summed E-state index contributed by atoms with van der Waals surface area (Å²) >= 11 is 0. The van der Waals surface area contributed by atoms with Gasteiger partial charge in [0.1, 0.15) is 0 Å². The zero-order valence-corrected chi connectivity index (χ0v) is 15.4. The van der Waals surface area contributed by atoms with E-state index in [0.29, 0.717) is 17.1 Å². The molecule has 2 aromatic carbocycles. The molecule has 27 heavy (non-hydrogen) atoms. The number of rotatable bonds is 4. The molecular weight excluding hydrogens is 346 g/mol. The van der Waals surface area contributed by atoms with E-state index in [4.69, 9.17) is 9.47 Å². The predicted molar refractivity (Wildman–Crippen MR) is 101 cm³/mol. The summed E-state index contributed by atoms with van der Waals surface area (Å²) in [5.41, 5.74) is 2.42. The number of aryl methyl sites for hydroxylation is 1. The van der Waals surface area contributed by atoms with Crippen molar-refractivity contribution in [1.29, 1.82) is 0 Å². The van der Waals surface area contributed by atoms with Crippen LogP contribution in [0.25, 0.3) is 0 Å². The van der Waals surface area contributed by atoms with Gasteiger partial charge in [0.15, 0.2) is 11.5 Å². The normalized spacial score (nSPS) is 16.2. The van der Waals surface area contributed by atoms with E-state index < -0.39 is 5.91 Å². The predicted octanol–water partition coefficient (Wildman–Crippen LogP) is 2.36. The third kappa shape index (κ3) is 4.25. The molecule has 0 fully saturated rings. The SMILES string of the molecule is COc1ccc(C(=O)NC2=N[C@@H](c3ccc(C)cc3)CC(=O)N2)cc1OC. The minimum Gasteiger partial charge on any atom is -0.493 e. The summed E-state index contributed by atoms with van der Waals surface area (Å²) in [4.78, 5) is 29.1. The summed E-state index contributed by atoms with van der Waals surface area (Å²) in [6.45, 7) is 2.00. The first-order valence-electron chi connectivity index (χ1n) is 8.47. The number of aliphatic imine (C=N–C) groups is 1. The van der Waals surface area contributed by atoms with Crippen LogP contribution in [-0.4, -0.2) is 32.0 Å². The molecule has 3 rings (SSSR count). The third-order valence-corrected chi connectivity index (χ3v) is 4.26. The summed E-state index contributed by atoms with van der Waals surface area (Å²) in [6.07, 6.45) is 0.235. The number of hydrogen-bond acceptors (Lipinski definition) is 5. The van der Waals surface area contributed by atoms with E-state index in [0.717, 1.165) is 11.1 Å². The van der Waals surface area contributed by atoms with Gasteiger partial charge in [-0.05, 0) is 30.7 Å². The lowest BCUT2D eigenvalue weighted by Crippen LogP contribution is -2.47. The summed E-state index contributed by atoms with van der Waals surface area (Å²) < 4.78 is 10.4. The smallest absolute Gasteiger partial charge is 0.258 e. The van der Waals surface area contributed by atoms with Crippen LogP contribution in [0.4, 0.5) is 0 Å². The average Bonchev–Trinajstić information content (AvgIpc) is 2.67. The maximum absolute atomic E-state index is 12.5. The van der Waals surface area contributed by atoms with E-state index in [1.165, 1.54) is 14.2 Å². The molecule has 0 bridgehead atoms. The Morgan fingerprint density at radius 1 is 1.11 bits per heavy atom. The Bertz CT molecular complexity index is 891. The fourth-order valence-corrected chi connectivity index (χ4v) is 2.79. The minimum absolute atomic E-state index is 0.136. The molecule has 7 nitrogen and oxygen atoms in total. The molecule has 1 aliphatic heterocycles. The molecule has 7 heteroatoms. The second kappa shape index (κ2) is 7.90. The Morgan fingerprint density at radius 3 is 2.48 bits per heavy atom. The van der Waals surface area contributed by atoms with Crippen molar-refractivity contribution in [1.82, 2.24) is 10.6 Å². The topological polar surface area (TPSA) is 89.0 Å². The number of nitrogens with zero attached hydrogens (tertiary/aromatic N) is 1. The van der Waals surface area contributed by atoms with Crippen molar-refractivity contribution in [2.24, 2.45) is 4.99 Å². The molecule has 1 aliphatic rings. The van der Waals surface area contributed by atoms with E-state index in [1.54, 1.807) is 18.2 Å². The molecule has 2 aromatic rings. The van der Waals surface area contributed by atoms with E-state index in [9.17, 15) is 9.59 Å². The van der Waals surface area contributed by atoms with E-state index in [-0.39, 0.29) is 24.3 Å². The zero-order chi connectivity index (χ0) is 19.4. The average molecular weight is 367 g/mol. The molecule has 140 valence electrons. The summed E-state index contributed by atoms with van der Waals surface area (Å²) in [5, 5.41) is 5.25. The molecule has 0 spiro atoms. The second-order valence-corrected chi connectivity index (χ2v) is 6.18.